The second-order valence-corrected chi connectivity index (χ2v) is 18.2. The van der Waals surface area contributed by atoms with Gasteiger partial charge in [0.2, 0.25) is 17.6 Å². The Bertz CT molecular complexity index is 2220. The Morgan fingerprint density at radius 1 is 0.512 bits per heavy atom. The zero-order valence-electron chi connectivity index (χ0n) is 46.9. The summed E-state index contributed by atoms with van der Waals surface area (Å²) in [6, 6.07) is 6.50. The van der Waals surface area contributed by atoms with Crippen molar-refractivity contribution in [3.8, 4) is 0 Å². The number of rotatable bonds is 53. The standard InChI is InChI=1S/C56H85N5O19/c1-3-4-16-57-50(64)14-13-46(62)9-8-18-68-20-22-70-24-26-72-28-30-74-32-34-76-36-38-78-40-41-79-39-37-77-35-33-75-31-29-73-27-25-71-23-21-69-19-15-51(65)58-42-45-43-61(60-59-45)17-7-12-49(63)52-44(2)80-56-53(52)54(66)47-10-5-6-11-48(47)55(56)67/h5-6,10-11,43H,3-4,7-9,12-42H2,1-2H3,(H,57,64)(H,58,65). The fourth-order valence-electron chi connectivity index (χ4n) is 7.65. The topological polar surface area (TPSA) is 281 Å². The van der Waals surface area contributed by atoms with Crippen molar-refractivity contribution in [1.29, 1.82) is 0 Å². The number of benzene rings is 1. The number of nitrogens with one attached hydrogen (secondary N) is 2. The van der Waals surface area contributed by atoms with Gasteiger partial charge in [0.25, 0.3) is 0 Å². The Morgan fingerprint density at radius 2 is 0.963 bits per heavy atom. The molecule has 0 fully saturated rings. The van der Waals surface area contributed by atoms with Crippen LogP contribution >= 0.6 is 0 Å². The second kappa shape index (κ2) is 43.5. The lowest BCUT2D eigenvalue weighted by Crippen LogP contribution is -2.24. The van der Waals surface area contributed by atoms with Crippen LogP contribution in [-0.4, -0.2) is 215 Å². The van der Waals surface area contributed by atoms with Gasteiger partial charge in [0.1, 0.15) is 17.2 Å². The van der Waals surface area contributed by atoms with Gasteiger partial charge in [-0.05, 0) is 26.2 Å². The van der Waals surface area contributed by atoms with Gasteiger partial charge >= 0.3 is 0 Å². The van der Waals surface area contributed by atoms with Crippen LogP contribution in [0.2, 0.25) is 0 Å². The maximum Gasteiger partial charge on any atom is 0.229 e. The van der Waals surface area contributed by atoms with Crippen LogP contribution in [0.5, 0.6) is 0 Å². The van der Waals surface area contributed by atoms with Crippen LogP contribution in [0.4, 0.5) is 0 Å². The van der Waals surface area contributed by atoms with E-state index in [1.54, 1.807) is 42.1 Å². The third-order valence-corrected chi connectivity index (χ3v) is 11.8. The van der Waals surface area contributed by atoms with E-state index in [1.165, 1.54) is 0 Å². The molecule has 3 aromatic rings. The molecule has 2 heterocycles. The van der Waals surface area contributed by atoms with Crippen molar-refractivity contribution in [2.24, 2.45) is 0 Å². The quantitative estimate of drug-likeness (QED) is 0.0469. The van der Waals surface area contributed by atoms with Gasteiger partial charge in [-0.3, -0.25) is 33.4 Å². The molecule has 2 N–H and O–H groups in total. The number of unbranched alkanes of at least 4 members (excludes halogenated alkanes) is 1. The fraction of sp³-hybridized carbons (Fsp3) is 0.679. The van der Waals surface area contributed by atoms with E-state index in [1.807, 2.05) is 0 Å². The molecule has 1 aliphatic carbocycles. The highest BCUT2D eigenvalue weighted by Gasteiger charge is 2.38. The highest BCUT2D eigenvalue weighted by Crippen LogP contribution is 2.34. The third kappa shape index (κ3) is 29.0. The van der Waals surface area contributed by atoms with E-state index in [2.05, 4.69) is 27.9 Å². The van der Waals surface area contributed by atoms with Crippen molar-refractivity contribution in [2.75, 3.05) is 165 Å². The lowest BCUT2D eigenvalue weighted by molar-refractivity contribution is -0.125. The number of hydrogen-bond acceptors (Lipinski definition) is 21. The first-order valence-corrected chi connectivity index (χ1v) is 27.9. The highest BCUT2D eigenvalue weighted by atomic mass is 16.6. The van der Waals surface area contributed by atoms with Crippen LogP contribution in [0.1, 0.15) is 119 Å². The zero-order valence-corrected chi connectivity index (χ0v) is 46.9. The maximum absolute atomic E-state index is 13.2. The minimum Gasteiger partial charge on any atom is -0.456 e. The number of aryl methyl sites for hydroxylation is 2. The van der Waals surface area contributed by atoms with Gasteiger partial charge in [-0.1, -0.05) is 42.8 Å². The van der Waals surface area contributed by atoms with Gasteiger partial charge in [0, 0.05) is 62.9 Å². The van der Waals surface area contributed by atoms with Crippen molar-refractivity contribution in [3.05, 3.63) is 69.9 Å². The number of nitrogens with zero attached hydrogens (tertiary/aromatic N) is 3. The number of amides is 2. The number of furan rings is 1. The Kier molecular flexibility index (Phi) is 36.6. The monoisotopic (exact) mass is 1130 g/mol. The Balaban J connectivity index is 0.789. The number of ketones is 4. The molecule has 448 valence electrons. The summed E-state index contributed by atoms with van der Waals surface area (Å²) in [5, 5.41) is 13.8. The van der Waals surface area contributed by atoms with Crippen LogP contribution in [0.3, 0.4) is 0 Å². The van der Waals surface area contributed by atoms with E-state index < -0.39 is 11.6 Å². The SMILES string of the molecule is CCCCNC(=O)CCC(=O)CCCOCCOCCOCCOCCOCCOCCOCCOCCOCCOCCOCCOCCC(=O)NCc1cn(CCCC(=O)c2c(C)oc3c2C(=O)c2ccccc2C3=O)nn1. The third-order valence-electron chi connectivity index (χ3n) is 11.8. The van der Waals surface area contributed by atoms with E-state index in [4.69, 9.17) is 61.3 Å². The largest absolute Gasteiger partial charge is 0.456 e. The minimum atomic E-state index is -0.411. The highest BCUT2D eigenvalue weighted by molar-refractivity contribution is 6.30. The average Bonchev–Trinajstić information content (AvgIpc) is 4.19. The number of fused-ring (bicyclic) bond motifs is 2. The molecule has 0 bridgehead atoms. The van der Waals surface area contributed by atoms with Crippen molar-refractivity contribution >= 4 is 34.9 Å². The summed E-state index contributed by atoms with van der Waals surface area (Å²) < 4.78 is 73.3. The van der Waals surface area contributed by atoms with Gasteiger partial charge in [-0.15, -0.1) is 5.10 Å². The number of hydrogen-bond donors (Lipinski definition) is 2. The first kappa shape index (κ1) is 67.3. The molecule has 1 aromatic carbocycles. The zero-order chi connectivity index (χ0) is 57.1. The molecule has 1 aliphatic rings. The minimum absolute atomic E-state index is 0.0324. The fourth-order valence-corrected chi connectivity index (χ4v) is 7.65. The maximum atomic E-state index is 13.2. The smallest absolute Gasteiger partial charge is 0.229 e. The second-order valence-electron chi connectivity index (χ2n) is 18.2. The molecule has 4 rings (SSSR count). The first-order chi connectivity index (χ1) is 39.2. The van der Waals surface area contributed by atoms with Crippen LogP contribution in [0, 0.1) is 6.92 Å². The summed E-state index contributed by atoms with van der Waals surface area (Å²) >= 11 is 0. The molecule has 0 radical (unpaired) electrons. The van der Waals surface area contributed by atoms with Crippen molar-refractivity contribution in [2.45, 2.75) is 84.7 Å². The Morgan fingerprint density at radius 3 is 1.45 bits per heavy atom. The van der Waals surface area contributed by atoms with Crippen LogP contribution in [-0.2, 0) is 84.3 Å². The molecule has 0 aliphatic heterocycles. The Hall–Kier alpha value is -5.22. The van der Waals surface area contributed by atoms with Crippen molar-refractivity contribution in [1.82, 2.24) is 25.6 Å². The van der Waals surface area contributed by atoms with E-state index in [9.17, 15) is 28.8 Å². The molecular formula is C56H85N5O19. The molecule has 2 amide bonds. The van der Waals surface area contributed by atoms with Gasteiger partial charge in [-0.2, -0.15) is 0 Å². The lowest BCUT2D eigenvalue weighted by Gasteiger charge is -2.13. The number of Topliss-reactive ketones (excluding diaryl/α,β-unsaturated/α-hetero) is 2. The summed E-state index contributed by atoms with van der Waals surface area (Å²) in [6.45, 7) is 15.3. The van der Waals surface area contributed by atoms with Gasteiger partial charge < -0.3 is 71.9 Å². The molecule has 24 heteroatoms. The molecule has 0 saturated heterocycles. The lowest BCUT2D eigenvalue weighted by atomic mass is 9.85. The summed E-state index contributed by atoms with van der Waals surface area (Å²) in [6.07, 6.45) is 5.90. The predicted octanol–water partition coefficient (Wildman–Crippen LogP) is 3.87. The molecular weight excluding hydrogens is 1050 g/mol. The van der Waals surface area contributed by atoms with Crippen LogP contribution in [0.15, 0.2) is 34.9 Å². The number of carbonyl (C=O) groups excluding carboxylic acids is 6. The van der Waals surface area contributed by atoms with Crippen molar-refractivity contribution in [3.63, 3.8) is 0 Å². The number of carbonyl (C=O) groups is 6. The summed E-state index contributed by atoms with van der Waals surface area (Å²) in [5.74, 6) is -1.14. The molecule has 24 nitrogen and oxygen atoms in total. The molecule has 0 atom stereocenters. The first-order valence-electron chi connectivity index (χ1n) is 27.9. The van der Waals surface area contributed by atoms with Crippen LogP contribution < -0.4 is 10.6 Å². The van der Waals surface area contributed by atoms with Gasteiger partial charge in [0.05, 0.1) is 176 Å². The van der Waals surface area contributed by atoms with Gasteiger partial charge in [0.15, 0.2) is 17.3 Å². The van der Waals surface area contributed by atoms with Crippen LogP contribution in [0.25, 0.3) is 0 Å². The predicted molar refractivity (Wildman–Crippen MR) is 288 cm³/mol. The summed E-state index contributed by atoms with van der Waals surface area (Å²) in [5.41, 5.74) is 1.25. The summed E-state index contributed by atoms with van der Waals surface area (Å²) in [4.78, 5) is 75.3. The van der Waals surface area contributed by atoms with E-state index >= 15 is 0 Å². The molecule has 2 aromatic heterocycles. The van der Waals surface area contributed by atoms with Crippen molar-refractivity contribution < 1.29 is 90.0 Å². The van der Waals surface area contributed by atoms with Gasteiger partial charge in [-0.25, -0.2) is 0 Å². The molecule has 80 heavy (non-hydrogen) atoms. The van der Waals surface area contributed by atoms with E-state index in [-0.39, 0.29) is 96.0 Å². The number of ether oxygens (including phenoxy) is 12. The normalized spacial score (nSPS) is 12.0. The van der Waals surface area contributed by atoms with E-state index in [0.717, 1.165) is 12.8 Å². The van der Waals surface area contributed by atoms with E-state index in [0.29, 0.717) is 190 Å². The average molecular weight is 1130 g/mol. The number of aromatic nitrogens is 3. The molecule has 0 unspecified atom stereocenters. The Labute approximate surface area is 469 Å². The summed E-state index contributed by atoms with van der Waals surface area (Å²) in [7, 11) is 0. The molecule has 0 saturated carbocycles. The molecule has 0 spiro atoms.